The van der Waals surface area contributed by atoms with Crippen molar-refractivity contribution in [2.75, 3.05) is 6.54 Å². The Morgan fingerprint density at radius 2 is 2.11 bits per heavy atom. The molecule has 19 heavy (non-hydrogen) atoms. The maximum Gasteiger partial charge on any atom is 0.248 e. The summed E-state index contributed by atoms with van der Waals surface area (Å²) in [5.41, 5.74) is 0.356. The van der Waals surface area contributed by atoms with Crippen LogP contribution in [0, 0.1) is 0 Å². The molecule has 1 aromatic carbocycles. The van der Waals surface area contributed by atoms with Crippen molar-refractivity contribution in [3.8, 4) is 0 Å². The molecule has 0 aromatic heterocycles. The average molecular weight is 263 g/mol. The lowest BCUT2D eigenvalue weighted by Gasteiger charge is -2.36. The van der Waals surface area contributed by atoms with Gasteiger partial charge in [0.2, 0.25) is 5.91 Å². The maximum absolute atomic E-state index is 11.8. The number of hydrogen-bond donors (Lipinski definition) is 2. The molecule has 1 aromatic rings. The van der Waals surface area contributed by atoms with Crippen LogP contribution < -0.4 is 5.32 Å². The highest BCUT2D eigenvalue weighted by Crippen LogP contribution is 2.30. The standard InChI is InChI=1S/C15H21NO3/c1-12(19-10-13-6-3-2-4-7-13)14(17)16-11-15(18)8-5-9-15/h2-4,6-7,12,18H,5,8-11H2,1H3,(H,16,17). The quantitative estimate of drug-likeness (QED) is 0.820. The van der Waals surface area contributed by atoms with E-state index in [-0.39, 0.29) is 5.91 Å². The fourth-order valence-corrected chi connectivity index (χ4v) is 2.03. The van der Waals surface area contributed by atoms with Gasteiger partial charge in [-0.3, -0.25) is 4.79 Å². The van der Waals surface area contributed by atoms with Gasteiger partial charge in [0, 0.05) is 6.54 Å². The zero-order valence-electron chi connectivity index (χ0n) is 11.3. The monoisotopic (exact) mass is 263 g/mol. The number of carbonyl (C=O) groups excluding carboxylic acids is 1. The third kappa shape index (κ3) is 4.04. The summed E-state index contributed by atoms with van der Waals surface area (Å²) < 4.78 is 5.51. The van der Waals surface area contributed by atoms with Crippen LogP contribution in [0.3, 0.4) is 0 Å². The first-order valence-corrected chi connectivity index (χ1v) is 6.75. The number of ether oxygens (including phenoxy) is 1. The lowest BCUT2D eigenvalue weighted by Crippen LogP contribution is -2.49. The Balaban J connectivity index is 1.70. The lowest BCUT2D eigenvalue weighted by atomic mass is 9.80. The van der Waals surface area contributed by atoms with Gasteiger partial charge in [0.15, 0.2) is 0 Å². The Hall–Kier alpha value is -1.39. The average Bonchev–Trinajstić information content (AvgIpc) is 2.41. The SMILES string of the molecule is CC(OCc1ccccc1)C(=O)NCC1(O)CCC1. The number of aliphatic hydroxyl groups is 1. The Labute approximate surface area is 113 Å². The van der Waals surface area contributed by atoms with E-state index in [9.17, 15) is 9.90 Å². The largest absolute Gasteiger partial charge is 0.388 e. The predicted octanol–water partition coefficient (Wildman–Crippen LogP) is 1.62. The van der Waals surface area contributed by atoms with Gasteiger partial charge in [-0.15, -0.1) is 0 Å². The number of benzene rings is 1. The van der Waals surface area contributed by atoms with E-state index < -0.39 is 11.7 Å². The summed E-state index contributed by atoms with van der Waals surface area (Å²) in [6, 6.07) is 9.74. The van der Waals surface area contributed by atoms with Gasteiger partial charge in [0.25, 0.3) is 0 Å². The number of hydrogen-bond acceptors (Lipinski definition) is 3. The van der Waals surface area contributed by atoms with E-state index in [0.29, 0.717) is 13.2 Å². The molecular formula is C15H21NO3. The van der Waals surface area contributed by atoms with Crippen molar-refractivity contribution in [1.29, 1.82) is 0 Å². The van der Waals surface area contributed by atoms with Crippen molar-refractivity contribution < 1.29 is 14.6 Å². The topological polar surface area (TPSA) is 58.6 Å². The first-order valence-electron chi connectivity index (χ1n) is 6.75. The Bertz CT molecular complexity index is 415. The van der Waals surface area contributed by atoms with Crippen LogP contribution in [-0.4, -0.2) is 29.3 Å². The van der Waals surface area contributed by atoms with Crippen molar-refractivity contribution in [3.05, 3.63) is 35.9 Å². The van der Waals surface area contributed by atoms with Gasteiger partial charge in [-0.1, -0.05) is 30.3 Å². The van der Waals surface area contributed by atoms with Crippen LogP contribution in [0.15, 0.2) is 30.3 Å². The Morgan fingerprint density at radius 3 is 2.68 bits per heavy atom. The fourth-order valence-electron chi connectivity index (χ4n) is 2.03. The zero-order chi connectivity index (χ0) is 13.7. The van der Waals surface area contributed by atoms with E-state index in [1.54, 1.807) is 6.92 Å². The smallest absolute Gasteiger partial charge is 0.248 e. The second kappa shape index (κ2) is 6.17. The molecule has 0 aliphatic heterocycles. The van der Waals surface area contributed by atoms with Gasteiger partial charge in [-0.05, 0) is 31.7 Å². The molecule has 2 N–H and O–H groups in total. The molecule has 1 aliphatic carbocycles. The van der Waals surface area contributed by atoms with Crippen molar-refractivity contribution in [1.82, 2.24) is 5.32 Å². The summed E-state index contributed by atoms with van der Waals surface area (Å²) in [4.78, 5) is 11.8. The highest BCUT2D eigenvalue weighted by Gasteiger charge is 2.34. The van der Waals surface area contributed by atoms with Crippen molar-refractivity contribution >= 4 is 5.91 Å². The van der Waals surface area contributed by atoms with E-state index in [0.717, 1.165) is 24.8 Å². The first kappa shape index (κ1) is 14.0. The van der Waals surface area contributed by atoms with E-state index >= 15 is 0 Å². The minimum atomic E-state index is -0.686. The molecule has 4 heteroatoms. The molecule has 0 heterocycles. The summed E-state index contributed by atoms with van der Waals surface area (Å²) in [5.74, 6) is -0.170. The maximum atomic E-state index is 11.8. The molecule has 1 saturated carbocycles. The summed E-state index contributed by atoms with van der Waals surface area (Å²) in [7, 11) is 0. The molecule has 1 fully saturated rings. The Kier molecular flexibility index (Phi) is 4.56. The number of amides is 1. The summed E-state index contributed by atoms with van der Waals surface area (Å²) in [6.45, 7) is 2.47. The normalized spacial score (nSPS) is 18.4. The van der Waals surface area contributed by atoms with Crippen LogP contribution in [0.1, 0.15) is 31.7 Å². The van der Waals surface area contributed by atoms with Crippen LogP contribution in [-0.2, 0) is 16.1 Å². The number of carbonyl (C=O) groups is 1. The van der Waals surface area contributed by atoms with Crippen LogP contribution in [0.25, 0.3) is 0 Å². The predicted molar refractivity (Wildman–Crippen MR) is 72.5 cm³/mol. The molecule has 0 radical (unpaired) electrons. The van der Waals surface area contributed by atoms with Gasteiger partial charge in [0.1, 0.15) is 6.10 Å². The Morgan fingerprint density at radius 1 is 1.42 bits per heavy atom. The minimum Gasteiger partial charge on any atom is -0.388 e. The summed E-state index contributed by atoms with van der Waals surface area (Å²) in [6.07, 6.45) is 2.06. The van der Waals surface area contributed by atoms with E-state index in [1.807, 2.05) is 30.3 Å². The minimum absolute atomic E-state index is 0.170. The van der Waals surface area contributed by atoms with Gasteiger partial charge >= 0.3 is 0 Å². The third-order valence-electron chi connectivity index (χ3n) is 3.59. The van der Waals surface area contributed by atoms with E-state index in [1.165, 1.54) is 0 Å². The molecule has 4 nitrogen and oxygen atoms in total. The summed E-state index contributed by atoms with van der Waals surface area (Å²) in [5, 5.41) is 12.6. The van der Waals surface area contributed by atoms with Crippen LogP contribution in [0.5, 0.6) is 0 Å². The van der Waals surface area contributed by atoms with Crippen LogP contribution >= 0.6 is 0 Å². The molecule has 0 bridgehead atoms. The second-order valence-electron chi connectivity index (χ2n) is 5.23. The number of rotatable bonds is 6. The molecule has 1 amide bonds. The van der Waals surface area contributed by atoms with Gasteiger partial charge in [-0.25, -0.2) is 0 Å². The second-order valence-corrected chi connectivity index (χ2v) is 5.23. The van der Waals surface area contributed by atoms with Crippen molar-refractivity contribution in [3.63, 3.8) is 0 Å². The fraction of sp³-hybridized carbons (Fsp3) is 0.533. The number of nitrogens with one attached hydrogen (secondary N) is 1. The lowest BCUT2D eigenvalue weighted by molar-refractivity contribution is -0.134. The first-order chi connectivity index (χ1) is 9.09. The van der Waals surface area contributed by atoms with Crippen LogP contribution in [0.4, 0.5) is 0 Å². The molecule has 1 atom stereocenters. The van der Waals surface area contributed by atoms with Crippen molar-refractivity contribution in [2.24, 2.45) is 0 Å². The van der Waals surface area contributed by atoms with Gasteiger partial charge in [0.05, 0.1) is 12.2 Å². The van der Waals surface area contributed by atoms with Gasteiger partial charge in [-0.2, -0.15) is 0 Å². The molecule has 0 saturated heterocycles. The molecule has 0 spiro atoms. The highest BCUT2D eigenvalue weighted by atomic mass is 16.5. The third-order valence-corrected chi connectivity index (χ3v) is 3.59. The van der Waals surface area contributed by atoms with Crippen LogP contribution in [0.2, 0.25) is 0 Å². The van der Waals surface area contributed by atoms with Crippen molar-refractivity contribution in [2.45, 2.75) is 44.5 Å². The zero-order valence-corrected chi connectivity index (χ0v) is 11.3. The van der Waals surface area contributed by atoms with E-state index in [4.69, 9.17) is 4.74 Å². The molecule has 104 valence electrons. The molecule has 1 unspecified atom stereocenters. The molecule has 2 rings (SSSR count). The molecule has 1 aliphatic rings. The van der Waals surface area contributed by atoms with Gasteiger partial charge < -0.3 is 15.2 Å². The molecular weight excluding hydrogens is 242 g/mol. The van der Waals surface area contributed by atoms with E-state index in [2.05, 4.69) is 5.32 Å². The summed E-state index contributed by atoms with van der Waals surface area (Å²) >= 11 is 0. The highest BCUT2D eigenvalue weighted by molar-refractivity contribution is 5.80.